The minimum Gasteiger partial charge on any atom is -0.438 e. The van der Waals surface area contributed by atoms with Gasteiger partial charge in [0.2, 0.25) is 5.88 Å². The first-order valence-corrected chi connectivity index (χ1v) is 8.73. The Morgan fingerprint density at radius 1 is 1.04 bits per heavy atom. The van der Waals surface area contributed by atoms with Gasteiger partial charge in [-0.25, -0.2) is 4.39 Å². The Balaban J connectivity index is 1.68. The highest BCUT2D eigenvalue weighted by Gasteiger charge is 2.09. The Labute approximate surface area is 157 Å². The first kappa shape index (κ1) is 18.5. The van der Waals surface area contributed by atoms with Crippen LogP contribution in [-0.2, 0) is 0 Å². The van der Waals surface area contributed by atoms with Crippen LogP contribution in [0.3, 0.4) is 0 Å². The average molecular weight is 365 g/mol. The molecule has 27 heavy (non-hydrogen) atoms. The van der Waals surface area contributed by atoms with Gasteiger partial charge in [-0.1, -0.05) is 19.1 Å². The van der Waals surface area contributed by atoms with Gasteiger partial charge in [-0.15, -0.1) is 10.2 Å². The Hall–Kier alpha value is -3.28. The zero-order chi connectivity index (χ0) is 19.2. The molecule has 0 radical (unpaired) electrons. The van der Waals surface area contributed by atoms with Gasteiger partial charge < -0.3 is 10.1 Å². The molecule has 0 saturated heterocycles. The molecule has 0 aliphatic heterocycles. The average Bonchev–Trinajstić information content (AvgIpc) is 2.70. The van der Waals surface area contributed by atoms with Crippen molar-refractivity contribution in [2.24, 2.45) is 0 Å². The van der Waals surface area contributed by atoms with Gasteiger partial charge in [-0.3, -0.25) is 4.79 Å². The van der Waals surface area contributed by atoms with E-state index in [9.17, 15) is 9.18 Å². The summed E-state index contributed by atoms with van der Waals surface area (Å²) in [4.78, 5) is 12.1. The summed E-state index contributed by atoms with van der Waals surface area (Å²) in [5.74, 6) is 0.375. The molecular weight excluding hydrogens is 345 g/mol. The molecule has 0 bridgehead atoms. The number of ether oxygens (including phenoxy) is 1. The first-order valence-electron chi connectivity index (χ1n) is 8.73. The molecule has 5 nitrogen and oxygen atoms in total. The van der Waals surface area contributed by atoms with Gasteiger partial charge in [0.05, 0.1) is 5.69 Å². The quantitative estimate of drug-likeness (QED) is 0.693. The summed E-state index contributed by atoms with van der Waals surface area (Å²) in [6.45, 7) is 3.99. The van der Waals surface area contributed by atoms with Gasteiger partial charge in [0.25, 0.3) is 5.91 Å². The zero-order valence-corrected chi connectivity index (χ0v) is 15.1. The van der Waals surface area contributed by atoms with E-state index >= 15 is 0 Å². The number of aromatic nitrogens is 2. The number of nitrogens with one attached hydrogen (secondary N) is 1. The highest BCUT2D eigenvalue weighted by atomic mass is 19.1. The van der Waals surface area contributed by atoms with Crippen LogP contribution in [0.1, 0.15) is 30.6 Å². The number of benzene rings is 2. The van der Waals surface area contributed by atoms with E-state index in [1.54, 1.807) is 24.3 Å². The monoisotopic (exact) mass is 365 g/mol. The van der Waals surface area contributed by atoms with E-state index in [1.807, 2.05) is 26.0 Å². The van der Waals surface area contributed by atoms with E-state index in [0.717, 1.165) is 12.0 Å². The van der Waals surface area contributed by atoms with Crippen LogP contribution in [0.5, 0.6) is 11.6 Å². The minimum absolute atomic E-state index is 0.0926. The molecule has 0 aliphatic rings. The number of carbonyl (C=O) groups excluding carboxylic acids is 1. The lowest BCUT2D eigenvalue weighted by atomic mass is 10.1. The van der Waals surface area contributed by atoms with Crippen molar-refractivity contribution < 1.29 is 13.9 Å². The Morgan fingerprint density at radius 3 is 2.33 bits per heavy atom. The first-order chi connectivity index (χ1) is 13.0. The molecule has 2 aromatic carbocycles. The van der Waals surface area contributed by atoms with E-state index in [0.29, 0.717) is 22.9 Å². The van der Waals surface area contributed by atoms with Crippen molar-refractivity contribution in [3.8, 4) is 22.9 Å². The second-order valence-electron chi connectivity index (χ2n) is 6.17. The van der Waals surface area contributed by atoms with E-state index in [2.05, 4.69) is 15.5 Å². The maximum atomic E-state index is 12.9. The summed E-state index contributed by atoms with van der Waals surface area (Å²) in [5, 5.41) is 11.1. The fraction of sp³-hybridized carbons (Fsp3) is 0.190. The third kappa shape index (κ3) is 4.88. The summed E-state index contributed by atoms with van der Waals surface area (Å²) >= 11 is 0. The molecule has 138 valence electrons. The molecule has 6 heteroatoms. The Morgan fingerprint density at radius 2 is 1.74 bits per heavy atom. The standard InChI is InChI=1S/C21H20FN3O2/c1-3-14(2)23-21(26)16-6-4-15(5-7-16)19-12-13-20(25-24-19)27-18-10-8-17(22)9-11-18/h4-14H,3H2,1-2H3,(H,23,26)/t14-/m1/s1. The number of nitrogens with zero attached hydrogens (tertiary/aromatic N) is 2. The molecule has 0 saturated carbocycles. The number of hydrogen-bond donors (Lipinski definition) is 1. The fourth-order valence-electron chi connectivity index (χ4n) is 2.35. The van der Waals surface area contributed by atoms with Crippen LogP contribution in [0.4, 0.5) is 4.39 Å². The van der Waals surface area contributed by atoms with Gasteiger partial charge in [0.1, 0.15) is 11.6 Å². The van der Waals surface area contributed by atoms with Crippen LogP contribution in [0.15, 0.2) is 60.7 Å². The second-order valence-corrected chi connectivity index (χ2v) is 6.17. The molecule has 0 unspecified atom stereocenters. The Kier molecular flexibility index (Phi) is 5.76. The number of carbonyl (C=O) groups is 1. The van der Waals surface area contributed by atoms with Crippen LogP contribution in [-0.4, -0.2) is 22.1 Å². The molecule has 1 heterocycles. The summed E-state index contributed by atoms with van der Waals surface area (Å²) in [6, 6.07) is 16.5. The predicted octanol–water partition coefficient (Wildman–Crippen LogP) is 4.60. The molecule has 0 fully saturated rings. The molecule has 3 aromatic rings. The molecule has 3 rings (SSSR count). The van der Waals surface area contributed by atoms with E-state index in [4.69, 9.17) is 4.74 Å². The molecule has 1 N–H and O–H groups in total. The van der Waals surface area contributed by atoms with E-state index in [-0.39, 0.29) is 17.8 Å². The SMILES string of the molecule is CC[C@@H](C)NC(=O)c1ccc(-c2ccc(Oc3ccc(F)cc3)nn2)cc1. The molecule has 0 spiro atoms. The van der Waals surface area contributed by atoms with Gasteiger partial charge in [-0.05, 0) is 55.8 Å². The number of hydrogen-bond acceptors (Lipinski definition) is 4. The van der Waals surface area contributed by atoms with E-state index < -0.39 is 0 Å². The van der Waals surface area contributed by atoms with Crippen LogP contribution in [0.2, 0.25) is 0 Å². The number of amides is 1. The number of rotatable bonds is 6. The van der Waals surface area contributed by atoms with Crippen molar-refractivity contribution in [2.45, 2.75) is 26.3 Å². The van der Waals surface area contributed by atoms with Gasteiger partial charge in [-0.2, -0.15) is 0 Å². The van der Waals surface area contributed by atoms with Crippen molar-refractivity contribution >= 4 is 5.91 Å². The zero-order valence-electron chi connectivity index (χ0n) is 15.1. The summed E-state index contributed by atoms with van der Waals surface area (Å²) < 4.78 is 18.4. The van der Waals surface area contributed by atoms with Crippen LogP contribution in [0.25, 0.3) is 11.3 Å². The van der Waals surface area contributed by atoms with Crippen LogP contribution in [0, 0.1) is 5.82 Å². The maximum Gasteiger partial charge on any atom is 0.251 e. The Bertz CT molecular complexity index is 894. The third-order valence-electron chi connectivity index (χ3n) is 4.11. The highest BCUT2D eigenvalue weighted by Crippen LogP contribution is 2.22. The van der Waals surface area contributed by atoms with Gasteiger partial charge >= 0.3 is 0 Å². The predicted molar refractivity (Wildman–Crippen MR) is 101 cm³/mol. The van der Waals surface area contributed by atoms with Gasteiger partial charge in [0, 0.05) is 23.2 Å². The fourth-order valence-corrected chi connectivity index (χ4v) is 2.35. The van der Waals surface area contributed by atoms with Crippen molar-refractivity contribution in [1.82, 2.24) is 15.5 Å². The van der Waals surface area contributed by atoms with Crippen molar-refractivity contribution in [1.29, 1.82) is 0 Å². The van der Waals surface area contributed by atoms with Crippen molar-refractivity contribution in [3.05, 3.63) is 72.0 Å². The summed E-state index contributed by atoms with van der Waals surface area (Å²) in [7, 11) is 0. The minimum atomic E-state index is -0.329. The molecule has 0 aliphatic carbocycles. The maximum absolute atomic E-state index is 12.9. The normalized spacial score (nSPS) is 11.7. The second kappa shape index (κ2) is 8.40. The smallest absolute Gasteiger partial charge is 0.251 e. The van der Waals surface area contributed by atoms with Gasteiger partial charge in [0.15, 0.2) is 0 Å². The lowest BCUT2D eigenvalue weighted by molar-refractivity contribution is 0.0939. The van der Waals surface area contributed by atoms with Crippen molar-refractivity contribution in [3.63, 3.8) is 0 Å². The van der Waals surface area contributed by atoms with Crippen molar-refractivity contribution in [2.75, 3.05) is 0 Å². The molecule has 1 amide bonds. The molecule has 1 aromatic heterocycles. The topological polar surface area (TPSA) is 64.1 Å². The summed E-state index contributed by atoms with van der Waals surface area (Å²) in [5.41, 5.74) is 2.11. The lowest BCUT2D eigenvalue weighted by Gasteiger charge is -2.11. The highest BCUT2D eigenvalue weighted by molar-refractivity contribution is 5.94. The largest absolute Gasteiger partial charge is 0.438 e. The van der Waals surface area contributed by atoms with Crippen LogP contribution >= 0.6 is 0 Å². The number of halogens is 1. The molecular formula is C21H20FN3O2. The lowest BCUT2D eigenvalue weighted by Crippen LogP contribution is -2.31. The molecule has 1 atom stereocenters. The van der Waals surface area contributed by atoms with Crippen LogP contribution < -0.4 is 10.1 Å². The van der Waals surface area contributed by atoms with E-state index in [1.165, 1.54) is 24.3 Å². The summed E-state index contributed by atoms with van der Waals surface area (Å²) in [6.07, 6.45) is 0.881. The third-order valence-corrected chi connectivity index (χ3v) is 4.11.